The van der Waals surface area contributed by atoms with Gasteiger partial charge in [0.05, 0.1) is 0 Å². The van der Waals surface area contributed by atoms with Crippen LogP contribution < -0.4 is 4.90 Å². The second-order valence-corrected chi connectivity index (χ2v) is 16.6. The Hall–Kier alpha value is -6.75. The minimum absolute atomic E-state index is 0.100. The van der Waals surface area contributed by atoms with Gasteiger partial charge in [0.15, 0.2) is 5.76 Å². The molecule has 4 heteroatoms. The van der Waals surface area contributed by atoms with Crippen LogP contribution in [0.1, 0.15) is 25.0 Å². The van der Waals surface area contributed by atoms with Crippen LogP contribution in [-0.2, 0) is 5.41 Å². The maximum absolute atomic E-state index is 6.44. The van der Waals surface area contributed by atoms with Gasteiger partial charge in [-0.3, -0.25) is 0 Å². The third kappa shape index (κ3) is 4.48. The third-order valence-corrected chi connectivity index (χ3v) is 13.2. The van der Waals surface area contributed by atoms with E-state index in [1.54, 1.807) is 0 Å². The van der Waals surface area contributed by atoms with E-state index in [4.69, 9.17) is 9.40 Å². The van der Waals surface area contributed by atoms with Gasteiger partial charge < -0.3 is 9.32 Å². The van der Waals surface area contributed by atoms with Crippen molar-refractivity contribution < 1.29 is 4.42 Å². The Labute approximate surface area is 328 Å². The highest BCUT2D eigenvalue weighted by molar-refractivity contribution is 7.25. The molecular formula is C52H34N2OS. The van der Waals surface area contributed by atoms with Crippen LogP contribution in [0.5, 0.6) is 0 Å². The first-order valence-electron chi connectivity index (χ1n) is 19.2. The molecule has 0 amide bonds. The minimum Gasteiger partial charge on any atom is -0.435 e. The van der Waals surface area contributed by atoms with E-state index in [9.17, 15) is 0 Å². The highest BCUT2D eigenvalue weighted by Crippen LogP contribution is 2.52. The molecule has 0 spiro atoms. The summed E-state index contributed by atoms with van der Waals surface area (Å²) in [5.41, 5.74) is 15.2. The molecule has 10 aromatic rings. The van der Waals surface area contributed by atoms with E-state index in [2.05, 4.69) is 158 Å². The molecule has 0 fully saturated rings. The zero-order valence-corrected chi connectivity index (χ0v) is 31.7. The van der Waals surface area contributed by atoms with Gasteiger partial charge in [-0.15, -0.1) is 11.3 Å². The molecule has 12 rings (SSSR count). The lowest BCUT2D eigenvalue weighted by Crippen LogP contribution is -2.16. The van der Waals surface area contributed by atoms with E-state index >= 15 is 0 Å². The summed E-state index contributed by atoms with van der Waals surface area (Å²) >= 11 is 1.86. The molecule has 3 nitrogen and oxygen atoms in total. The Morgan fingerprint density at radius 1 is 0.482 bits per heavy atom. The summed E-state index contributed by atoms with van der Waals surface area (Å²) in [6, 6.07) is 61.8. The molecule has 2 aromatic heterocycles. The van der Waals surface area contributed by atoms with Crippen LogP contribution in [0.4, 0.5) is 17.1 Å². The highest BCUT2D eigenvalue weighted by atomic mass is 32.1. The summed E-state index contributed by atoms with van der Waals surface area (Å²) < 4.78 is 9.05. The van der Waals surface area contributed by atoms with Crippen molar-refractivity contribution in [3.8, 4) is 56.3 Å². The van der Waals surface area contributed by atoms with Crippen molar-refractivity contribution >= 4 is 59.3 Å². The van der Waals surface area contributed by atoms with E-state index in [0.717, 1.165) is 45.2 Å². The van der Waals surface area contributed by atoms with E-state index in [1.165, 1.54) is 64.3 Å². The SMILES string of the molecule is CC1(C)c2ccccc2-c2ccc(N(c3ccc(-c4ccc5c6c(cccc46)-c4oc(-c6ccccc6)nc4-5)cc3)c3ccc4c(c3)sc3ccccc34)cc21. The van der Waals surface area contributed by atoms with Crippen molar-refractivity contribution in [2.24, 2.45) is 0 Å². The van der Waals surface area contributed by atoms with Gasteiger partial charge in [0.1, 0.15) is 5.69 Å². The number of fused-ring (bicyclic) bond motifs is 9. The van der Waals surface area contributed by atoms with Gasteiger partial charge in [0, 0.05) is 64.7 Å². The molecule has 264 valence electrons. The zero-order valence-electron chi connectivity index (χ0n) is 30.9. The average Bonchev–Trinajstić information content (AvgIpc) is 3.98. The second-order valence-electron chi connectivity index (χ2n) is 15.5. The fourth-order valence-corrected chi connectivity index (χ4v) is 10.5. The molecule has 56 heavy (non-hydrogen) atoms. The van der Waals surface area contributed by atoms with Crippen LogP contribution in [0.25, 0.3) is 87.2 Å². The number of nitrogens with zero attached hydrogens (tertiary/aromatic N) is 2. The van der Waals surface area contributed by atoms with Crippen molar-refractivity contribution in [1.29, 1.82) is 0 Å². The molecule has 2 aliphatic rings. The highest BCUT2D eigenvalue weighted by Gasteiger charge is 2.36. The predicted molar refractivity (Wildman–Crippen MR) is 234 cm³/mol. The van der Waals surface area contributed by atoms with Gasteiger partial charge in [-0.25, -0.2) is 4.98 Å². The van der Waals surface area contributed by atoms with E-state index in [0.29, 0.717) is 5.89 Å². The van der Waals surface area contributed by atoms with Crippen molar-refractivity contribution in [2.75, 3.05) is 4.90 Å². The van der Waals surface area contributed by atoms with Crippen LogP contribution in [-0.4, -0.2) is 4.98 Å². The lowest BCUT2D eigenvalue weighted by atomic mass is 9.82. The normalized spacial score (nSPS) is 13.3. The minimum atomic E-state index is -0.100. The number of oxazole rings is 1. The summed E-state index contributed by atoms with van der Waals surface area (Å²) in [6.45, 7) is 4.71. The third-order valence-electron chi connectivity index (χ3n) is 12.1. The van der Waals surface area contributed by atoms with Crippen molar-refractivity contribution in [3.63, 3.8) is 0 Å². The van der Waals surface area contributed by atoms with Gasteiger partial charge in [0.25, 0.3) is 0 Å². The molecule has 0 saturated carbocycles. The molecule has 0 saturated heterocycles. The lowest BCUT2D eigenvalue weighted by molar-refractivity contribution is 0.590. The summed E-state index contributed by atoms with van der Waals surface area (Å²) in [5.74, 6) is 1.51. The number of aromatic nitrogens is 1. The van der Waals surface area contributed by atoms with Crippen LogP contribution in [0, 0.1) is 0 Å². The Balaban J connectivity index is 0.975. The summed E-state index contributed by atoms with van der Waals surface area (Å²) in [5, 5.41) is 5.02. The number of benzene rings is 8. The zero-order chi connectivity index (χ0) is 37.1. The summed E-state index contributed by atoms with van der Waals surface area (Å²) in [7, 11) is 0. The Bertz CT molecular complexity index is 3200. The number of hydrogen-bond acceptors (Lipinski definition) is 4. The van der Waals surface area contributed by atoms with E-state index < -0.39 is 0 Å². The first-order valence-corrected chi connectivity index (χ1v) is 20.0. The van der Waals surface area contributed by atoms with Crippen LogP contribution in [0.15, 0.2) is 174 Å². The van der Waals surface area contributed by atoms with Crippen molar-refractivity contribution in [2.45, 2.75) is 19.3 Å². The molecule has 0 N–H and O–H groups in total. The first kappa shape index (κ1) is 31.6. The summed E-state index contributed by atoms with van der Waals surface area (Å²) in [4.78, 5) is 7.42. The molecule has 2 heterocycles. The Morgan fingerprint density at radius 2 is 1.14 bits per heavy atom. The lowest BCUT2D eigenvalue weighted by Gasteiger charge is -2.28. The van der Waals surface area contributed by atoms with Gasteiger partial charge in [-0.2, -0.15) is 0 Å². The fourth-order valence-electron chi connectivity index (χ4n) is 9.36. The molecule has 2 aliphatic carbocycles. The Morgan fingerprint density at radius 3 is 2.04 bits per heavy atom. The number of rotatable bonds is 5. The molecule has 0 unspecified atom stereocenters. The smallest absolute Gasteiger partial charge is 0.227 e. The number of anilines is 3. The molecule has 0 radical (unpaired) electrons. The fraction of sp³-hybridized carbons (Fsp3) is 0.0577. The number of thiophene rings is 1. The van der Waals surface area contributed by atoms with Crippen LogP contribution >= 0.6 is 11.3 Å². The molecule has 0 aliphatic heterocycles. The summed E-state index contributed by atoms with van der Waals surface area (Å²) in [6.07, 6.45) is 0. The van der Waals surface area contributed by atoms with Crippen molar-refractivity contribution in [3.05, 3.63) is 181 Å². The van der Waals surface area contributed by atoms with Crippen LogP contribution in [0.2, 0.25) is 0 Å². The standard InChI is InChI=1S/C52H34N2OS/c1-52(2)44-17-8-6-13-37(44)38-25-23-34(29-45(38)52)54(35-24-26-40-39-14-7-9-18-46(39)56-47(40)30-35)33-21-19-31(20-22-33)36-27-28-42-48-41(36)15-10-16-43(48)50-49(42)53-51(55-50)32-11-4-3-5-12-32/h3-30H,1-2H3. The maximum atomic E-state index is 6.44. The molecular weight excluding hydrogens is 701 g/mol. The van der Waals surface area contributed by atoms with Crippen LogP contribution in [0.3, 0.4) is 0 Å². The first-order chi connectivity index (χ1) is 27.5. The quantitative estimate of drug-likeness (QED) is 0.176. The molecule has 0 atom stereocenters. The van der Waals surface area contributed by atoms with E-state index in [-0.39, 0.29) is 5.41 Å². The maximum Gasteiger partial charge on any atom is 0.227 e. The predicted octanol–water partition coefficient (Wildman–Crippen LogP) is 15.0. The topological polar surface area (TPSA) is 29.3 Å². The molecule has 0 bridgehead atoms. The number of hydrogen-bond donors (Lipinski definition) is 0. The molecule has 8 aromatic carbocycles. The monoisotopic (exact) mass is 734 g/mol. The average molecular weight is 735 g/mol. The second kappa shape index (κ2) is 11.6. The largest absolute Gasteiger partial charge is 0.435 e. The van der Waals surface area contributed by atoms with Gasteiger partial charge in [0.2, 0.25) is 5.89 Å². The van der Waals surface area contributed by atoms with Gasteiger partial charge >= 0.3 is 0 Å². The van der Waals surface area contributed by atoms with Crippen molar-refractivity contribution in [1.82, 2.24) is 4.98 Å². The van der Waals surface area contributed by atoms with E-state index in [1.807, 2.05) is 41.7 Å². The Kier molecular flexibility index (Phi) is 6.56. The van der Waals surface area contributed by atoms with Gasteiger partial charge in [-0.1, -0.05) is 129 Å². The van der Waals surface area contributed by atoms with Gasteiger partial charge in [-0.05, 0) is 93.4 Å².